The lowest BCUT2D eigenvalue weighted by atomic mass is 10.00. The highest BCUT2D eigenvalue weighted by molar-refractivity contribution is 5.82. The van der Waals surface area contributed by atoms with Crippen molar-refractivity contribution in [2.75, 3.05) is 6.54 Å². The van der Waals surface area contributed by atoms with E-state index in [4.69, 9.17) is 5.73 Å². The van der Waals surface area contributed by atoms with Crippen LogP contribution in [0, 0.1) is 5.92 Å². The van der Waals surface area contributed by atoms with Gasteiger partial charge in [0.2, 0.25) is 0 Å². The number of hydrogen-bond acceptors (Lipinski definition) is 1. The van der Waals surface area contributed by atoms with Crippen LogP contribution in [0.1, 0.15) is 65.7 Å². The predicted molar refractivity (Wildman–Crippen MR) is 69.3 cm³/mol. The van der Waals surface area contributed by atoms with Crippen molar-refractivity contribution in [2.45, 2.75) is 65.7 Å². The second kappa shape index (κ2) is 10.0. The molecule has 0 rings (SSSR count). The average molecular weight is 212 g/mol. The standard InChI is InChI=1S/C13H28N2/c1-4-7-8-9-11-15-13(14)12(6-3)10-5-2/h12H,4-11H2,1-3H3,(H2,14,15). The molecule has 0 aromatic carbocycles. The molecule has 1 atom stereocenters. The zero-order valence-electron chi connectivity index (χ0n) is 10.8. The summed E-state index contributed by atoms with van der Waals surface area (Å²) >= 11 is 0. The van der Waals surface area contributed by atoms with Crippen LogP contribution in [0.5, 0.6) is 0 Å². The van der Waals surface area contributed by atoms with E-state index in [9.17, 15) is 0 Å². The third-order valence-corrected chi connectivity index (χ3v) is 2.85. The van der Waals surface area contributed by atoms with Crippen molar-refractivity contribution < 1.29 is 0 Å². The molecule has 0 aliphatic rings. The molecule has 2 heteroatoms. The Balaban J connectivity index is 3.73. The van der Waals surface area contributed by atoms with Crippen molar-refractivity contribution in [3.63, 3.8) is 0 Å². The van der Waals surface area contributed by atoms with Crippen LogP contribution in [-0.2, 0) is 0 Å². The number of aliphatic imine (C=N–C) groups is 1. The topological polar surface area (TPSA) is 38.4 Å². The van der Waals surface area contributed by atoms with Crippen molar-refractivity contribution >= 4 is 5.84 Å². The van der Waals surface area contributed by atoms with E-state index < -0.39 is 0 Å². The maximum Gasteiger partial charge on any atom is 0.0968 e. The smallest absolute Gasteiger partial charge is 0.0968 e. The van der Waals surface area contributed by atoms with E-state index in [0.29, 0.717) is 5.92 Å². The molecule has 0 aromatic heterocycles. The van der Waals surface area contributed by atoms with Crippen molar-refractivity contribution in [3.05, 3.63) is 0 Å². The van der Waals surface area contributed by atoms with Gasteiger partial charge >= 0.3 is 0 Å². The summed E-state index contributed by atoms with van der Waals surface area (Å²) in [5.74, 6) is 1.40. The van der Waals surface area contributed by atoms with Crippen molar-refractivity contribution in [1.29, 1.82) is 0 Å². The normalized spacial score (nSPS) is 14.2. The quantitative estimate of drug-likeness (QED) is 0.353. The molecule has 0 spiro atoms. The Labute approximate surface area is 95.4 Å². The first-order valence-corrected chi connectivity index (χ1v) is 6.56. The van der Waals surface area contributed by atoms with Crippen molar-refractivity contribution in [2.24, 2.45) is 16.6 Å². The highest BCUT2D eigenvalue weighted by Crippen LogP contribution is 2.11. The van der Waals surface area contributed by atoms with Crippen molar-refractivity contribution in [3.8, 4) is 0 Å². The number of rotatable bonds is 9. The number of nitrogens with zero attached hydrogens (tertiary/aromatic N) is 1. The van der Waals surface area contributed by atoms with Gasteiger partial charge in [-0.3, -0.25) is 4.99 Å². The molecular formula is C13H28N2. The lowest BCUT2D eigenvalue weighted by molar-refractivity contribution is 0.586. The van der Waals surface area contributed by atoms with Crippen LogP contribution < -0.4 is 5.73 Å². The highest BCUT2D eigenvalue weighted by Gasteiger charge is 2.08. The summed E-state index contributed by atoms with van der Waals surface area (Å²) in [4.78, 5) is 4.48. The van der Waals surface area contributed by atoms with Crippen LogP contribution in [0.25, 0.3) is 0 Å². The first kappa shape index (κ1) is 14.5. The minimum atomic E-state index is 0.515. The Morgan fingerprint density at radius 1 is 1.07 bits per heavy atom. The van der Waals surface area contributed by atoms with E-state index >= 15 is 0 Å². The largest absolute Gasteiger partial charge is 0.387 e. The fourth-order valence-electron chi connectivity index (χ4n) is 1.79. The van der Waals surface area contributed by atoms with Crippen LogP contribution >= 0.6 is 0 Å². The van der Waals surface area contributed by atoms with Gasteiger partial charge in [-0.2, -0.15) is 0 Å². The van der Waals surface area contributed by atoms with E-state index in [1.165, 1.54) is 38.5 Å². The molecule has 2 N–H and O–H groups in total. The average Bonchev–Trinajstić information content (AvgIpc) is 2.25. The van der Waals surface area contributed by atoms with Gasteiger partial charge in [-0.1, -0.05) is 46.5 Å². The molecule has 0 aromatic rings. The van der Waals surface area contributed by atoms with Gasteiger partial charge in [0.1, 0.15) is 0 Å². The molecule has 90 valence electrons. The second-order valence-corrected chi connectivity index (χ2v) is 4.26. The maximum atomic E-state index is 5.98. The molecule has 0 bridgehead atoms. The first-order chi connectivity index (χ1) is 7.26. The van der Waals surface area contributed by atoms with Gasteiger partial charge in [0.15, 0.2) is 0 Å². The molecular weight excluding hydrogens is 184 g/mol. The molecule has 0 aliphatic carbocycles. The third-order valence-electron chi connectivity index (χ3n) is 2.85. The summed E-state index contributed by atoms with van der Waals surface area (Å²) in [6.07, 6.45) is 8.59. The first-order valence-electron chi connectivity index (χ1n) is 6.56. The Bertz CT molecular complexity index is 164. The monoisotopic (exact) mass is 212 g/mol. The Morgan fingerprint density at radius 2 is 1.80 bits per heavy atom. The molecule has 2 nitrogen and oxygen atoms in total. The van der Waals surface area contributed by atoms with Crippen LogP contribution in [0.3, 0.4) is 0 Å². The molecule has 0 saturated heterocycles. The number of nitrogens with two attached hydrogens (primary N) is 1. The van der Waals surface area contributed by atoms with E-state index in [1.54, 1.807) is 0 Å². The number of hydrogen-bond donors (Lipinski definition) is 1. The van der Waals surface area contributed by atoms with Crippen LogP contribution in [-0.4, -0.2) is 12.4 Å². The second-order valence-electron chi connectivity index (χ2n) is 4.26. The molecule has 0 fully saturated rings. The Hall–Kier alpha value is -0.530. The maximum absolute atomic E-state index is 5.98. The summed E-state index contributed by atoms with van der Waals surface area (Å²) in [6, 6.07) is 0. The van der Waals surface area contributed by atoms with Gasteiger partial charge in [0, 0.05) is 12.5 Å². The molecule has 0 radical (unpaired) electrons. The van der Waals surface area contributed by atoms with E-state index in [-0.39, 0.29) is 0 Å². The summed E-state index contributed by atoms with van der Waals surface area (Å²) in [6.45, 7) is 7.55. The van der Waals surface area contributed by atoms with Crippen LogP contribution in [0.2, 0.25) is 0 Å². The van der Waals surface area contributed by atoms with Crippen molar-refractivity contribution in [1.82, 2.24) is 0 Å². The van der Waals surface area contributed by atoms with E-state index in [2.05, 4.69) is 25.8 Å². The highest BCUT2D eigenvalue weighted by atomic mass is 14.9. The number of amidine groups is 1. The summed E-state index contributed by atoms with van der Waals surface area (Å²) in [5, 5.41) is 0. The fraction of sp³-hybridized carbons (Fsp3) is 0.923. The molecule has 0 aliphatic heterocycles. The van der Waals surface area contributed by atoms with Gasteiger partial charge < -0.3 is 5.73 Å². The van der Waals surface area contributed by atoms with Crippen LogP contribution in [0.15, 0.2) is 4.99 Å². The predicted octanol–water partition coefficient (Wildman–Crippen LogP) is 3.75. The van der Waals surface area contributed by atoms with Gasteiger partial charge in [-0.15, -0.1) is 0 Å². The Kier molecular flexibility index (Phi) is 9.65. The summed E-state index contributed by atoms with van der Waals surface area (Å²) < 4.78 is 0. The zero-order valence-corrected chi connectivity index (χ0v) is 10.8. The molecule has 15 heavy (non-hydrogen) atoms. The van der Waals surface area contributed by atoms with Gasteiger partial charge in [0.25, 0.3) is 0 Å². The van der Waals surface area contributed by atoms with Gasteiger partial charge in [0.05, 0.1) is 5.84 Å². The Morgan fingerprint density at radius 3 is 2.33 bits per heavy atom. The minimum absolute atomic E-state index is 0.515. The molecule has 0 saturated carbocycles. The fourth-order valence-corrected chi connectivity index (χ4v) is 1.79. The zero-order chi connectivity index (χ0) is 11.5. The molecule has 0 heterocycles. The molecule has 0 amide bonds. The van der Waals surface area contributed by atoms with Crippen LogP contribution in [0.4, 0.5) is 0 Å². The molecule has 1 unspecified atom stereocenters. The van der Waals surface area contributed by atoms with Gasteiger partial charge in [-0.25, -0.2) is 0 Å². The lowest BCUT2D eigenvalue weighted by Gasteiger charge is -2.12. The SMILES string of the molecule is CCCCCCN=C(N)C(CC)CCC. The third kappa shape index (κ3) is 7.40. The lowest BCUT2D eigenvalue weighted by Crippen LogP contribution is -2.23. The van der Waals surface area contributed by atoms with E-state index in [0.717, 1.165) is 18.8 Å². The van der Waals surface area contributed by atoms with Gasteiger partial charge in [-0.05, 0) is 19.3 Å². The summed E-state index contributed by atoms with van der Waals surface area (Å²) in [5.41, 5.74) is 5.98. The minimum Gasteiger partial charge on any atom is -0.387 e. The van der Waals surface area contributed by atoms with E-state index in [1.807, 2.05) is 0 Å². The summed E-state index contributed by atoms with van der Waals surface area (Å²) in [7, 11) is 0. The number of unbranched alkanes of at least 4 members (excludes halogenated alkanes) is 3.